The van der Waals surface area contributed by atoms with Crippen molar-refractivity contribution in [1.29, 1.82) is 0 Å². The molecule has 1 N–H and O–H groups in total. The minimum absolute atomic E-state index is 0.104. The molecule has 3 rings (SSSR count). The number of carbonyl (C=O) groups is 1. The lowest BCUT2D eigenvalue weighted by atomic mass is 9.96. The summed E-state index contributed by atoms with van der Waals surface area (Å²) < 4.78 is 8.14. The van der Waals surface area contributed by atoms with Gasteiger partial charge in [0, 0.05) is 18.4 Å². The van der Waals surface area contributed by atoms with Gasteiger partial charge >= 0.3 is 0 Å². The van der Waals surface area contributed by atoms with Gasteiger partial charge in [-0.15, -0.1) is 0 Å². The number of nitrogens with zero attached hydrogens (tertiary/aromatic N) is 2. The van der Waals surface area contributed by atoms with Gasteiger partial charge in [-0.25, -0.2) is 4.98 Å². The third kappa shape index (κ3) is 6.47. The highest BCUT2D eigenvalue weighted by molar-refractivity contribution is 6.32. The molecule has 0 saturated carbocycles. The van der Waals surface area contributed by atoms with E-state index < -0.39 is 0 Å². The van der Waals surface area contributed by atoms with Crippen LogP contribution in [0, 0.1) is 5.41 Å². The summed E-state index contributed by atoms with van der Waals surface area (Å²) >= 11 is 6.20. The maximum absolute atomic E-state index is 11.9. The van der Waals surface area contributed by atoms with Gasteiger partial charge in [0.25, 0.3) is 0 Å². The topological polar surface area (TPSA) is 56.2 Å². The van der Waals surface area contributed by atoms with Crippen LogP contribution in [0.15, 0.2) is 48.5 Å². The Morgan fingerprint density at radius 3 is 2.58 bits per heavy atom. The lowest BCUT2D eigenvalue weighted by molar-refractivity contribution is -0.128. The van der Waals surface area contributed by atoms with Crippen molar-refractivity contribution >= 4 is 28.5 Å². The van der Waals surface area contributed by atoms with E-state index in [-0.39, 0.29) is 11.3 Å². The first kappa shape index (κ1) is 23.1. The normalized spacial score (nSPS) is 11.6. The maximum atomic E-state index is 11.9. The van der Waals surface area contributed by atoms with Crippen LogP contribution in [0.5, 0.6) is 5.75 Å². The molecule has 0 saturated heterocycles. The Bertz CT molecular complexity index is 1010. The number of nitrogens with one attached hydrogen (secondary N) is 1. The zero-order valence-corrected chi connectivity index (χ0v) is 19.4. The molecule has 2 aromatic carbocycles. The molecule has 0 spiro atoms. The van der Waals surface area contributed by atoms with Gasteiger partial charge in [-0.2, -0.15) is 0 Å². The average Bonchev–Trinajstić information content (AvgIpc) is 3.08. The minimum Gasteiger partial charge on any atom is -0.490 e. The number of halogens is 1. The van der Waals surface area contributed by atoms with Crippen molar-refractivity contribution in [1.82, 2.24) is 14.9 Å². The van der Waals surface area contributed by atoms with Crippen LogP contribution in [0.2, 0.25) is 5.02 Å². The Kier molecular flexibility index (Phi) is 7.97. The van der Waals surface area contributed by atoms with Crippen molar-refractivity contribution in [2.24, 2.45) is 5.41 Å². The predicted octanol–water partition coefficient (Wildman–Crippen LogP) is 5.64. The Hall–Kier alpha value is -2.53. The zero-order chi connectivity index (χ0) is 22.3. The second-order valence-electron chi connectivity index (χ2n) is 8.76. The summed E-state index contributed by atoms with van der Waals surface area (Å²) in [5, 5.41) is 3.64. The Morgan fingerprint density at radius 2 is 1.81 bits per heavy atom. The number of unbranched alkanes of at least 4 members (excludes halogenated alkanes) is 2. The van der Waals surface area contributed by atoms with Gasteiger partial charge < -0.3 is 14.6 Å². The number of carbonyl (C=O) groups excluding carboxylic acids is 1. The number of ether oxygens (including phenoxy) is 1. The molecule has 1 heterocycles. The number of hydrogen-bond donors (Lipinski definition) is 1. The fraction of sp³-hybridized carbons (Fsp3) is 0.440. The van der Waals surface area contributed by atoms with Gasteiger partial charge in [-0.1, -0.05) is 63.1 Å². The number of para-hydroxylation sites is 3. The van der Waals surface area contributed by atoms with Crippen LogP contribution in [0.25, 0.3) is 11.0 Å². The quantitative estimate of drug-likeness (QED) is 0.414. The second-order valence-corrected chi connectivity index (χ2v) is 9.17. The molecule has 0 unspecified atom stereocenters. The van der Waals surface area contributed by atoms with Crippen molar-refractivity contribution in [3.05, 3.63) is 59.4 Å². The summed E-state index contributed by atoms with van der Waals surface area (Å²) in [6.45, 7) is 7.75. The van der Waals surface area contributed by atoms with E-state index in [1.54, 1.807) is 0 Å². The SMILES string of the molecule is CC(C)(C)C(=O)NCCCCCc1nc2ccccc2n1CCOc1ccccc1Cl. The first-order valence-electron chi connectivity index (χ1n) is 11.0. The van der Waals surface area contributed by atoms with Crippen LogP contribution in [-0.2, 0) is 17.8 Å². The van der Waals surface area contributed by atoms with Gasteiger partial charge in [0.1, 0.15) is 18.2 Å². The molecule has 31 heavy (non-hydrogen) atoms. The Balaban J connectivity index is 1.54. The molecule has 0 fully saturated rings. The number of benzene rings is 2. The molecule has 166 valence electrons. The number of aromatic nitrogens is 2. The lowest BCUT2D eigenvalue weighted by Crippen LogP contribution is -2.35. The number of aryl methyl sites for hydroxylation is 1. The van der Waals surface area contributed by atoms with Gasteiger partial charge in [-0.3, -0.25) is 4.79 Å². The smallest absolute Gasteiger partial charge is 0.225 e. The van der Waals surface area contributed by atoms with E-state index in [1.807, 2.05) is 63.2 Å². The third-order valence-electron chi connectivity index (χ3n) is 5.19. The Morgan fingerprint density at radius 1 is 1.06 bits per heavy atom. The van der Waals surface area contributed by atoms with Crippen LogP contribution >= 0.6 is 11.6 Å². The summed E-state index contributed by atoms with van der Waals surface area (Å²) in [5.41, 5.74) is 1.79. The highest BCUT2D eigenvalue weighted by Gasteiger charge is 2.20. The minimum atomic E-state index is -0.336. The van der Waals surface area contributed by atoms with Crippen molar-refractivity contribution in [3.8, 4) is 5.75 Å². The second kappa shape index (κ2) is 10.7. The molecule has 0 aliphatic carbocycles. The fourth-order valence-electron chi connectivity index (χ4n) is 3.43. The highest BCUT2D eigenvalue weighted by atomic mass is 35.5. The van der Waals surface area contributed by atoms with E-state index >= 15 is 0 Å². The maximum Gasteiger partial charge on any atom is 0.225 e. The van der Waals surface area contributed by atoms with Crippen LogP contribution in [-0.4, -0.2) is 28.6 Å². The van der Waals surface area contributed by atoms with E-state index in [9.17, 15) is 4.79 Å². The van der Waals surface area contributed by atoms with E-state index in [4.69, 9.17) is 21.3 Å². The number of hydrogen-bond acceptors (Lipinski definition) is 3. The largest absolute Gasteiger partial charge is 0.490 e. The van der Waals surface area contributed by atoms with Crippen LogP contribution in [0.3, 0.4) is 0 Å². The molecule has 1 amide bonds. The van der Waals surface area contributed by atoms with Crippen molar-refractivity contribution in [3.63, 3.8) is 0 Å². The monoisotopic (exact) mass is 441 g/mol. The van der Waals surface area contributed by atoms with Crippen LogP contribution in [0.1, 0.15) is 45.9 Å². The van der Waals surface area contributed by atoms with Crippen molar-refractivity contribution < 1.29 is 9.53 Å². The first-order chi connectivity index (χ1) is 14.9. The van der Waals surface area contributed by atoms with E-state index in [2.05, 4.69) is 16.0 Å². The highest BCUT2D eigenvalue weighted by Crippen LogP contribution is 2.24. The molecular weight excluding hydrogens is 410 g/mol. The lowest BCUT2D eigenvalue weighted by Gasteiger charge is -2.17. The number of rotatable bonds is 10. The predicted molar refractivity (Wildman–Crippen MR) is 127 cm³/mol. The van der Waals surface area contributed by atoms with Gasteiger partial charge in [0.05, 0.1) is 22.6 Å². The van der Waals surface area contributed by atoms with E-state index in [1.165, 1.54) is 0 Å². The van der Waals surface area contributed by atoms with Gasteiger partial charge in [0.15, 0.2) is 0 Å². The van der Waals surface area contributed by atoms with Crippen molar-refractivity contribution in [2.45, 2.75) is 53.0 Å². The molecule has 3 aromatic rings. The third-order valence-corrected chi connectivity index (χ3v) is 5.50. The van der Waals surface area contributed by atoms with E-state index in [0.29, 0.717) is 23.9 Å². The molecule has 0 aliphatic heterocycles. The molecule has 0 aliphatic rings. The van der Waals surface area contributed by atoms with Gasteiger partial charge in [0.2, 0.25) is 5.91 Å². The molecular formula is C25H32ClN3O2. The van der Waals surface area contributed by atoms with Crippen LogP contribution in [0.4, 0.5) is 0 Å². The van der Waals surface area contributed by atoms with E-state index in [0.717, 1.165) is 49.1 Å². The summed E-state index contributed by atoms with van der Waals surface area (Å²) in [4.78, 5) is 16.8. The number of fused-ring (bicyclic) bond motifs is 1. The summed E-state index contributed by atoms with van der Waals surface area (Å²) in [5.74, 6) is 1.88. The molecule has 6 heteroatoms. The Labute approximate surface area is 189 Å². The number of amides is 1. The summed E-state index contributed by atoms with van der Waals surface area (Å²) in [6.07, 6.45) is 3.94. The molecule has 1 aromatic heterocycles. The summed E-state index contributed by atoms with van der Waals surface area (Å²) in [6, 6.07) is 15.7. The first-order valence-corrected chi connectivity index (χ1v) is 11.3. The standard InChI is InChI=1S/C25H32ClN3O2/c1-25(2,3)24(30)27-16-10-4-5-15-23-28-20-12-7-8-13-21(20)29(23)17-18-31-22-14-9-6-11-19(22)26/h6-9,11-14H,4-5,10,15-18H2,1-3H3,(H,27,30). The molecule has 0 atom stereocenters. The molecule has 0 bridgehead atoms. The number of imidazole rings is 1. The van der Waals surface area contributed by atoms with Gasteiger partial charge in [-0.05, 0) is 37.1 Å². The average molecular weight is 442 g/mol. The fourth-order valence-corrected chi connectivity index (χ4v) is 3.62. The van der Waals surface area contributed by atoms with Crippen molar-refractivity contribution in [2.75, 3.05) is 13.2 Å². The molecule has 5 nitrogen and oxygen atoms in total. The van der Waals surface area contributed by atoms with Crippen LogP contribution < -0.4 is 10.1 Å². The zero-order valence-electron chi connectivity index (χ0n) is 18.7. The summed E-state index contributed by atoms with van der Waals surface area (Å²) in [7, 11) is 0. The molecule has 0 radical (unpaired) electrons.